The monoisotopic (exact) mass is 346 g/mol. The van der Waals surface area contributed by atoms with Crippen LogP contribution in [0.3, 0.4) is 0 Å². The van der Waals surface area contributed by atoms with E-state index in [0.29, 0.717) is 0 Å². The van der Waals surface area contributed by atoms with E-state index in [1.807, 2.05) is 0 Å². The van der Waals surface area contributed by atoms with Gasteiger partial charge in [0.1, 0.15) is 0 Å². The number of unbranched alkanes of at least 4 members (excludes halogenated alkanes) is 10. The summed E-state index contributed by atoms with van der Waals surface area (Å²) in [6.45, 7) is 6.57. The summed E-state index contributed by atoms with van der Waals surface area (Å²) in [5, 5.41) is 0. The van der Waals surface area contributed by atoms with Crippen LogP contribution in [0, 0.1) is 6.42 Å². The minimum absolute atomic E-state index is 0. The van der Waals surface area contributed by atoms with Crippen molar-refractivity contribution in [2.75, 3.05) is 6.61 Å². The molecule has 0 unspecified atom stereocenters. The number of rotatable bonds is 13. The minimum atomic E-state index is -4.24. The third kappa shape index (κ3) is 32.9. The van der Waals surface area contributed by atoms with Gasteiger partial charge in [0, 0.05) is 0 Å². The minimum Gasteiger partial charge on any atom is -0.332 e. The van der Waals surface area contributed by atoms with Gasteiger partial charge in [0.15, 0.2) is 0 Å². The van der Waals surface area contributed by atoms with Gasteiger partial charge in [0.25, 0.3) is 0 Å². The first-order valence-corrected chi connectivity index (χ1v) is 9.98. The Balaban J connectivity index is -0.000000640. The zero-order valence-corrected chi connectivity index (χ0v) is 18.1. The molecule has 22 heavy (non-hydrogen) atoms. The van der Waals surface area contributed by atoms with Crippen LogP contribution >= 0.6 is 7.82 Å². The van der Waals surface area contributed by atoms with Crippen molar-refractivity contribution in [1.82, 2.24) is 0 Å². The van der Waals surface area contributed by atoms with E-state index >= 15 is 0 Å². The zero-order valence-electron chi connectivity index (χ0n) is 15.2. The average Bonchev–Trinajstić information content (AvgIpc) is 2.44. The van der Waals surface area contributed by atoms with Gasteiger partial charge in [-0.25, -0.2) is 4.57 Å². The summed E-state index contributed by atoms with van der Waals surface area (Å²) in [4.78, 5) is 16.9. The maximum absolute atomic E-state index is 10.4. The topological polar surface area (TPSA) is 66.8 Å². The van der Waals surface area contributed by atoms with Crippen molar-refractivity contribution in [1.29, 1.82) is 0 Å². The standard InChI is InChI=1S/C12H27O4P.C4H9.Na/c1-2-3-4-5-6-7-8-9-10-11-12-16-17(13,14)15;1-3-4-2;/h2-12H2,1H3,(H2,13,14,15);3H,4H2,1-2H3;/q;-1;+1. The van der Waals surface area contributed by atoms with Crippen LogP contribution in [0.2, 0.25) is 0 Å². The van der Waals surface area contributed by atoms with Crippen LogP contribution in [0.25, 0.3) is 0 Å². The molecule has 0 aromatic heterocycles. The van der Waals surface area contributed by atoms with Crippen molar-refractivity contribution in [2.45, 2.75) is 91.4 Å². The van der Waals surface area contributed by atoms with E-state index in [1.165, 1.54) is 51.4 Å². The molecule has 2 N–H and O–H groups in total. The Morgan fingerprint density at radius 3 is 1.55 bits per heavy atom. The molecule has 0 aromatic rings. The van der Waals surface area contributed by atoms with Crippen LogP contribution < -0.4 is 29.6 Å². The Hall–Kier alpha value is 1.11. The molecule has 4 nitrogen and oxygen atoms in total. The van der Waals surface area contributed by atoms with E-state index < -0.39 is 7.82 Å². The van der Waals surface area contributed by atoms with Crippen molar-refractivity contribution >= 4 is 7.82 Å². The predicted molar refractivity (Wildman–Crippen MR) is 90.1 cm³/mol. The molecule has 130 valence electrons. The van der Waals surface area contributed by atoms with Crippen LogP contribution in [0.4, 0.5) is 0 Å². The molecule has 0 atom stereocenters. The van der Waals surface area contributed by atoms with Crippen LogP contribution in [0.15, 0.2) is 0 Å². The Labute approximate surface area is 160 Å². The molecular formula is C16H36NaO4P. The van der Waals surface area contributed by atoms with Gasteiger partial charge in [-0.15, -0.1) is 0 Å². The largest absolute Gasteiger partial charge is 1.00 e. The van der Waals surface area contributed by atoms with Crippen LogP contribution in [0.5, 0.6) is 0 Å². The van der Waals surface area contributed by atoms with Crippen molar-refractivity contribution in [3.8, 4) is 0 Å². The van der Waals surface area contributed by atoms with E-state index in [-0.39, 0.29) is 36.2 Å². The zero-order chi connectivity index (χ0) is 16.4. The summed E-state index contributed by atoms with van der Waals surface area (Å²) in [7, 11) is -4.24. The Kier molecular flexibility index (Phi) is 28.1. The number of phosphoric acid groups is 1. The van der Waals surface area contributed by atoms with Gasteiger partial charge >= 0.3 is 37.4 Å². The smallest absolute Gasteiger partial charge is 0.332 e. The van der Waals surface area contributed by atoms with Crippen LogP contribution in [0.1, 0.15) is 91.4 Å². The molecular weight excluding hydrogens is 310 g/mol. The number of hydrogen-bond acceptors (Lipinski definition) is 2. The van der Waals surface area contributed by atoms with E-state index in [2.05, 4.69) is 31.7 Å². The second-order valence-corrected chi connectivity index (χ2v) is 6.56. The Morgan fingerprint density at radius 2 is 1.23 bits per heavy atom. The second kappa shape index (κ2) is 22.1. The Bertz CT molecular complexity index is 232. The summed E-state index contributed by atoms with van der Waals surface area (Å²) in [6, 6.07) is 0. The third-order valence-corrected chi connectivity index (χ3v) is 3.68. The van der Waals surface area contributed by atoms with Gasteiger partial charge in [-0.05, 0) is 6.42 Å². The summed E-state index contributed by atoms with van der Waals surface area (Å²) in [5.74, 6) is 0. The van der Waals surface area contributed by atoms with Crippen LogP contribution in [-0.2, 0) is 9.09 Å². The molecule has 0 radical (unpaired) electrons. The van der Waals surface area contributed by atoms with Crippen LogP contribution in [-0.4, -0.2) is 16.4 Å². The quantitative estimate of drug-likeness (QED) is 0.233. The molecule has 0 spiro atoms. The van der Waals surface area contributed by atoms with Gasteiger partial charge < -0.3 is 16.2 Å². The molecule has 0 amide bonds. The molecule has 0 aliphatic rings. The van der Waals surface area contributed by atoms with Gasteiger partial charge in [-0.2, -0.15) is 13.3 Å². The van der Waals surface area contributed by atoms with Gasteiger partial charge in [-0.1, -0.05) is 71.6 Å². The summed E-state index contributed by atoms with van der Waals surface area (Å²) < 4.78 is 14.7. The van der Waals surface area contributed by atoms with Crippen molar-refractivity contribution in [3.63, 3.8) is 0 Å². The molecule has 0 saturated heterocycles. The van der Waals surface area contributed by atoms with Gasteiger partial charge in [0.05, 0.1) is 6.61 Å². The van der Waals surface area contributed by atoms with Crippen molar-refractivity contribution < 1.29 is 48.4 Å². The molecule has 0 aliphatic heterocycles. The SMILES string of the molecule is CCCCCCCCCCCCOP(=O)(O)O.C[CH-]CC.[Na+]. The molecule has 0 heterocycles. The summed E-state index contributed by atoms with van der Waals surface area (Å²) in [5.41, 5.74) is 0. The average molecular weight is 346 g/mol. The first-order valence-electron chi connectivity index (χ1n) is 8.45. The van der Waals surface area contributed by atoms with Gasteiger partial charge in [0.2, 0.25) is 0 Å². The predicted octanol–water partition coefficient (Wildman–Crippen LogP) is 2.64. The fourth-order valence-corrected chi connectivity index (χ4v) is 2.14. The molecule has 0 aliphatic carbocycles. The maximum atomic E-state index is 10.4. The fourth-order valence-electron chi connectivity index (χ4n) is 1.77. The van der Waals surface area contributed by atoms with Crippen molar-refractivity contribution in [2.24, 2.45) is 0 Å². The van der Waals surface area contributed by atoms with E-state index in [1.54, 1.807) is 0 Å². The molecule has 0 saturated carbocycles. The van der Waals surface area contributed by atoms with Gasteiger partial charge in [-0.3, -0.25) is 4.52 Å². The van der Waals surface area contributed by atoms with E-state index in [9.17, 15) is 4.57 Å². The van der Waals surface area contributed by atoms with Crippen molar-refractivity contribution in [3.05, 3.63) is 6.42 Å². The number of phosphoric ester groups is 1. The first kappa shape index (κ1) is 27.9. The summed E-state index contributed by atoms with van der Waals surface area (Å²) >= 11 is 0. The first-order chi connectivity index (χ1) is 9.97. The van der Waals surface area contributed by atoms with E-state index in [0.717, 1.165) is 19.3 Å². The Morgan fingerprint density at radius 1 is 0.864 bits per heavy atom. The van der Waals surface area contributed by atoms with E-state index in [4.69, 9.17) is 9.79 Å². The summed E-state index contributed by atoms with van der Waals surface area (Å²) in [6.07, 6.45) is 15.3. The maximum Gasteiger partial charge on any atom is 1.00 e. The fraction of sp³-hybridized carbons (Fsp3) is 0.938. The molecule has 6 heteroatoms. The normalized spacial score (nSPS) is 10.6. The molecule has 0 rings (SSSR count). The third-order valence-electron chi connectivity index (χ3n) is 3.17. The molecule has 0 fully saturated rings. The second-order valence-electron chi connectivity index (χ2n) is 5.32. The number of hydrogen-bond donors (Lipinski definition) is 2. The molecule has 0 bridgehead atoms. The molecule has 0 aromatic carbocycles.